The molecule has 1 heterocycles. The number of β-lactam (4-membered cyclic amide) rings is 1. The molecule has 0 aromatic heterocycles. The Hall–Kier alpha value is -3.44. The summed E-state index contributed by atoms with van der Waals surface area (Å²) in [7, 11) is 0. The van der Waals surface area contributed by atoms with Gasteiger partial charge in [-0.15, -0.1) is 0 Å². The summed E-state index contributed by atoms with van der Waals surface area (Å²) < 4.78 is 4.97. The first-order valence-corrected chi connectivity index (χ1v) is 9.71. The molecule has 0 bridgehead atoms. The van der Waals surface area contributed by atoms with Crippen LogP contribution < -0.4 is 5.32 Å². The first-order chi connectivity index (χ1) is 14.8. The van der Waals surface area contributed by atoms with Crippen molar-refractivity contribution < 1.29 is 29.2 Å². The number of aliphatic hydroxyl groups is 1. The van der Waals surface area contributed by atoms with E-state index in [0.29, 0.717) is 5.56 Å². The standard InChI is InChI=1S/C20H19N3O7S/c24-15(10-12-4-2-1-3-5-12)21-16-17(25)22(19(16)31)18(26)20(27)30-11-13-6-8-14(9-7-13)23(28)29/h1-9,16,18-19,26,31H,10-11H2,(H,21,24). The van der Waals surface area contributed by atoms with E-state index in [4.69, 9.17) is 4.74 Å². The summed E-state index contributed by atoms with van der Waals surface area (Å²) in [4.78, 5) is 47.4. The molecule has 10 nitrogen and oxygen atoms in total. The summed E-state index contributed by atoms with van der Waals surface area (Å²) in [6, 6.07) is 13.3. The molecule has 11 heteroatoms. The van der Waals surface area contributed by atoms with E-state index in [1.165, 1.54) is 24.3 Å². The molecule has 1 saturated heterocycles. The maximum Gasteiger partial charge on any atom is 0.356 e. The lowest BCUT2D eigenvalue weighted by Gasteiger charge is -2.45. The third-order valence-corrected chi connectivity index (χ3v) is 5.18. The van der Waals surface area contributed by atoms with Crippen LogP contribution in [0.5, 0.6) is 0 Å². The van der Waals surface area contributed by atoms with Crippen molar-refractivity contribution in [3.05, 3.63) is 75.8 Å². The van der Waals surface area contributed by atoms with Crippen LogP contribution in [0.25, 0.3) is 0 Å². The fraction of sp³-hybridized carbons (Fsp3) is 0.250. The minimum atomic E-state index is -1.89. The van der Waals surface area contributed by atoms with Crippen molar-refractivity contribution in [2.75, 3.05) is 0 Å². The number of hydrogen-bond donors (Lipinski definition) is 3. The summed E-state index contributed by atoms with van der Waals surface area (Å²) >= 11 is 4.20. The highest BCUT2D eigenvalue weighted by atomic mass is 32.1. The Morgan fingerprint density at radius 1 is 1.16 bits per heavy atom. The predicted molar refractivity (Wildman–Crippen MR) is 111 cm³/mol. The van der Waals surface area contributed by atoms with E-state index in [9.17, 15) is 29.6 Å². The van der Waals surface area contributed by atoms with Gasteiger partial charge in [0.05, 0.1) is 11.3 Å². The predicted octanol–water partition coefficient (Wildman–Crippen LogP) is 0.782. The normalized spacial score (nSPS) is 18.6. The molecule has 31 heavy (non-hydrogen) atoms. The number of amides is 2. The van der Waals surface area contributed by atoms with Crippen LogP contribution in [0.2, 0.25) is 0 Å². The van der Waals surface area contributed by atoms with Crippen LogP contribution in [0.15, 0.2) is 54.6 Å². The molecule has 3 rings (SSSR count). The number of benzene rings is 2. The van der Waals surface area contributed by atoms with Gasteiger partial charge in [0, 0.05) is 12.1 Å². The van der Waals surface area contributed by atoms with Crippen LogP contribution in [0.3, 0.4) is 0 Å². The summed E-state index contributed by atoms with van der Waals surface area (Å²) in [5.41, 5.74) is 1.13. The fourth-order valence-corrected chi connectivity index (χ4v) is 3.40. The topological polar surface area (TPSA) is 139 Å². The Kier molecular flexibility index (Phi) is 6.88. The zero-order chi connectivity index (χ0) is 22.5. The van der Waals surface area contributed by atoms with Crippen LogP contribution in [0, 0.1) is 10.1 Å². The lowest BCUT2D eigenvalue weighted by Crippen LogP contribution is -2.72. The van der Waals surface area contributed by atoms with Gasteiger partial charge in [0.1, 0.15) is 18.0 Å². The maximum atomic E-state index is 12.3. The Morgan fingerprint density at radius 3 is 2.39 bits per heavy atom. The van der Waals surface area contributed by atoms with Crippen molar-refractivity contribution in [2.45, 2.75) is 30.7 Å². The lowest BCUT2D eigenvalue weighted by atomic mass is 10.1. The second-order valence-corrected chi connectivity index (χ2v) is 7.30. The molecule has 3 atom stereocenters. The van der Waals surface area contributed by atoms with Crippen molar-refractivity contribution in [2.24, 2.45) is 0 Å². The first-order valence-electron chi connectivity index (χ1n) is 9.19. The zero-order valence-electron chi connectivity index (χ0n) is 16.1. The third kappa shape index (κ3) is 5.19. The number of carbonyl (C=O) groups is 3. The van der Waals surface area contributed by atoms with E-state index < -0.39 is 40.4 Å². The smallest absolute Gasteiger partial charge is 0.356 e. The van der Waals surface area contributed by atoms with Gasteiger partial charge < -0.3 is 15.2 Å². The van der Waals surface area contributed by atoms with Crippen molar-refractivity contribution >= 4 is 36.1 Å². The molecule has 3 unspecified atom stereocenters. The van der Waals surface area contributed by atoms with Crippen molar-refractivity contribution in [3.8, 4) is 0 Å². The molecule has 1 fully saturated rings. The molecule has 0 saturated carbocycles. The molecule has 0 aliphatic carbocycles. The number of rotatable bonds is 8. The number of nitrogens with one attached hydrogen (secondary N) is 1. The van der Waals surface area contributed by atoms with E-state index in [-0.39, 0.29) is 18.7 Å². The number of non-ortho nitro benzene ring substituents is 1. The van der Waals surface area contributed by atoms with Gasteiger partial charge in [-0.3, -0.25) is 24.6 Å². The minimum absolute atomic E-state index is 0.0744. The summed E-state index contributed by atoms with van der Waals surface area (Å²) in [5.74, 6) is -2.14. The van der Waals surface area contributed by atoms with Crippen LogP contribution >= 0.6 is 12.6 Å². The van der Waals surface area contributed by atoms with E-state index in [1.807, 2.05) is 6.07 Å². The molecule has 2 N–H and O–H groups in total. The molecule has 2 amide bonds. The van der Waals surface area contributed by atoms with E-state index in [2.05, 4.69) is 17.9 Å². The monoisotopic (exact) mass is 445 g/mol. The van der Waals surface area contributed by atoms with Gasteiger partial charge in [0.2, 0.25) is 12.1 Å². The van der Waals surface area contributed by atoms with Gasteiger partial charge in [-0.2, -0.15) is 12.6 Å². The van der Waals surface area contributed by atoms with Crippen molar-refractivity contribution in [1.82, 2.24) is 10.2 Å². The highest BCUT2D eigenvalue weighted by Gasteiger charge is 2.51. The number of hydrogen-bond acceptors (Lipinski definition) is 8. The number of nitro benzene ring substituents is 1. The van der Waals surface area contributed by atoms with Crippen LogP contribution in [0.1, 0.15) is 11.1 Å². The maximum absolute atomic E-state index is 12.3. The Morgan fingerprint density at radius 2 is 1.81 bits per heavy atom. The number of carbonyl (C=O) groups excluding carboxylic acids is 3. The van der Waals surface area contributed by atoms with Crippen LogP contribution in [-0.2, 0) is 32.1 Å². The second kappa shape index (κ2) is 9.58. The number of nitro groups is 1. The van der Waals surface area contributed by atoms with Gasteiger partial charge in [0.15, 0.2) is 0 Å². The second-order valence-electron chi connectivity index (χ2n) is 6.77. The molecule has 2 aromatic rings. The number of aliphatic hydroxyl groups excluding tert-OH is 1. The highest BCUT2D eigenvalue weighted by molar-refractivity contribution is 7.81. The van der Waals surface area contributed by atoms with E-state index in [0.717, 1.165) is 10.5 Å². The molecule has 162 valence electrons. The summed E-state index contributed by atoms with van der Waals surface area (Å²) in [6.07, 6.45) is -1.82. The van der Waals surface area contributed by atoms with Gasteiger partial charge in [0.25, 0.3) is 11.6 Å². The van der Waals surface area contributed by atoms with Crippen molar-refractivity contribution in [3.63, 3.8) is 0 Å². The molecule has 1 aliphatic rings. The molecule has 1 aliphatic heterocycles. The van der Waals surface area contributed by atoms with Crippen LogP contribution in [0.4, 0.5) is 5.69 Å². The fourth-order valence-electron chi connectivity index (χ4n) is 2.96. The van der Waals surface area contributed by atoms with E-state index >= 15 is 0 Å². The highest BCUT2D eigenvalue weighted by Crippen LogP contribution is 2.26. The lowest BCUT2D eigenvalue weighted by molar-refractivity contribution is -0.384. The minimum Gasteiger partial charge on any atom is -0.457 e. The Labute approximate surface area is 182 Å². The quantitative estimate of drug-likeness (QED) is 0.179. The average Bonchev–Trinajstić information content (AvgIpc) is 2.77. The average molecular weight is 445 g/mol. The Bertz CT molecular complexity index is 984. The molecule has 0 spiro atoms. The van der Waals surface area contributed by atoms with Gasteiger partial charge >= 0.3 is 5.97 Å². The summed E-state index contributed by atoms with van der Waals surface area (Å²) in [5, 5.41) is 22.4. The first kappa shape index (κ1) is 22.2. The number of esters is 1. The molecule has 0 radical (unpaired) electrons. The number of thiol groups is 1. The third-order valence-electron chi connectivity index (χ3n) is 4.63. The van der Waals surface area contributed by atoms with Crippen molar-refractivity contribution in [1.29, 1.82) is 0 Å². The summed E-state index contributed by atoms with van der Waals surface area (Å²) in [6.45, 7) is -0.246. The number of nitrogens with zero attached hydrogens (tertiary/aromatic N) is 2. The van der Waals surface area contributed by atoms with Gasteiger partial charge in [-0.1, -0.05) is 30.3 Å². The molecular formula is C20H19N3O7S. The SMILES string of the molecule is O=C(Cc1ccccc1)NC1C(=O)N(C(O)C(=O)OCc2ccc([N+](=O)[O-])cc2)C1S. The molecule has 2 aromatic carbocycles. The van der Waals surface area contributed by atoms with Gasteiger partial charge in [-0.25, -0.2) is 4.79 Å². The Balaban J connectivity index is 1.49. The zero-order valence-corrected chi connectivity index (χ0v) is 17.0. The van der Waals surface area contributed by atoms with Gasteiger partial charge in [-0.05, 0) is 23.3 Å². The largest absolute Gasteiger partial charge is 0.457 e. The van der Waals surface area contributed by atoms with Crippen LogP contribution in [-0.4, -0.2) is 50.4 Å². The number of ether oxygens (including phenoxy) is 1. The molecular weight excluding hydrogens is 426 g/mol. The number of likely N-dealkylation sites (tertiary alicyclic amines) is 1. The van der Waals surface area contributed by atoms with E-state index in [1.54, 1.807) is 24.3 Å².